The molecule has 10 aromatic rings. The average molecular weight is 725 g/mol. The minimum Gasteiger partial charge on any atom is -0.274 e. The van der Waals surface area contributed by atoms with Gasteiger partial charge in [-0.25, -0.2) is 15.0 Å². The molecule has 0 N–H and O–H groups in total. The summed E-state index contributed by atoms with van der Waals surface area (Å²) >= 11 is 6.82. The van der Waals surface area contributed by atoms with Crippen molar-refractivity contribution in [1.82, 2.24) is 24.9 Å². The van der Waals surface area contributed by atoms with Crippen LogP contribution in [0, 0.1) is 0 Å². The number of pyridine rings is 5. The van der Waals surface area contributed by atoms with E-state index in [1.54, 1.807) is 0 Å². The fourth-order valence-electron chi connectivity index (χ4n) is 7.87. The summed E-state index contributed by atoms with van der Waals surface area (Å²) in [7, 11) is 0. The van der Waals surface area contributed by atoms with E-state index in [4.69, 9.17) is 31.5 Å². The van der Waals surface area contributed by atoms with Crippen molar-refractivity contribution >= 4 is 72.2 Å². The molecule has 6 nitrogen and oxygen atoms in total. The Morgan fingerprint density at radius 2 is 0.982 bits per heavy atom. The summed E-state index contributed by atoms with van der Waals surface area (Å²) in [5.74, 6) is 0. The highest BCUT2D eigenvalue weighted by molar-refractivity contribution is 6.31. The maximum absolute atomic E-state index is 6.82. The van der Waals surface area contributed by atoms with Crippen molar-refractivity contribution in [1.29, 1.82) is 0 Å². The lowest BCUT2D eigenvalue weighted by Gasteiger charge is -2.17. The molecule has 1 unspecified atom stereocenters. The Bertz CT molecular complexity index is 3340. The van der Waals surface area contributed by atoms with Crippen LogP contribution in [0.3, 0.4) is 0 Å². The number of rotatable bonds is 4. The van der Waals surface area contributed by atoms with Crippen LogP contribution in [0.5, 0.6) is 0 Å². The van der Waals surface area contributed by atoms with E-state index in [1.807, 2.05) is 36.7 Å². The summed E-state index contributed by atoms with van der Waals surface area (Å²) in [5.41, 5.74) is 11.1. The first-order valence-corrected chi connectivity index (χ1v) is 18.7. The molecule has 258 valence electrons. The Morgan fingerprint density at radius 1 is 0.455 bits per heavy atom. The third-order valence-corrected chi connectivity index (χ3v) is 10.8. The number of nitrogens with zero attached hydrogens (tertiary/aromatic N) is 6. The van der Waals surface area contributed by atoms with Crippen LogP contribution >= 0.6 is 11.6 Å². The molecule has 0 aliphatic carbocycles. The zero-order valence-electron chi connectivity index (χ0n) is 29.4. The Hall–Kier alpha value is -6.89. The highest BCUT2D eigenvalue weighted by Crippen LogP contribution is 2.33. The molecule has 55 heavy (non-hydrogen) atoms. The quantitative estimate of drug-likeness (QED) is 0.169. The van der Waals surface area contributed by atoms with E-state index in [1.165, 1.54) is 0 Å². The van der Waals surface area contributed by atoms with E-state index in [0.717, 1.165) is 111 Å². The van der Waals surface area contributed by atoms with Gasteiger partial charge in [0, 0.05) is 61.0 Å². The summed E-state index contributed by atoms with van der Waals surface area (Å²) in [5, 5.41) is 7.92. The van der Waals surface area contributed by atoms with Gasteiger partial charge >= 0.3 is 0 Å². The first-order chi connectivity index (χ1) is 27.1. The Balaban J connectivity index is 0.979. The van der Waals surface area contributed by atoms with Gasteiger partial charge in [-0.1, -0.05) is 103 Å². The van der Waals surface area contributed by atoms with Crippen LogP contribution in [0.4, 0.5) is 0 Å². The van der Waals surface area contributed by atoms with Crippen molar-refractivity contribution in [3.05, 3.63) is 173 Å². The van der Waals surface area contributed by atoms with E-state index < -0.39 is 0 Å². The van der Waals surface area contributed by atoms with Gasteiger partial charge < -0.3 is 0 Å². The van der Waals surface area contributed by atoms with Gasteiger partial charge in [-0.05, 0) is 71.8 Å². The Kier molecular flexibility index (Phi) is 7.25. The zero-order valence-corrected chi connectivity index (χ0v) is 30.1. The van der Waals surface area contributed by atoms with Crippen molar-refractivity contribution in [2.45, 2.75) is 12.5 Å². The second kappa shape index (κ2) is 12.6. The number of aromatic nitrogens is 5. The van der Waals surface area contributed by atoms with E-state index in [0.29, 0.717) is 5.02 Å². The van der Waals surface area contributed by atoms with Gasteiger partial charge in [-0.2, -0.15) is 0 Å². The molecule has 0 radical (unpaired) electrons. The van der Waals surface area contributed by atoms with Crippen LogP contribution in [0.15, 0.2) is 157 Å². The average Bonchev–Trinajstić information content (AvgIpc) is 3.25. The van der Waals surface area contributed by atoms with Crippen LogP contribution in [0.1, 0.15) is 18.0 Å². The summed E-state index contributed by atoms with van der Waals surface area (Å²) in [6.45, 7) is 0. The molecule has 0 saturated carbocycles. The molecule has 0 saturated heterocycles. The van der Waals surface area contributed by atoms with Crippen LogP contribution in [0.25, 0.3) is 94.4 Å². The molecule has 0 amide bonds. The van der Waals surface area contributed by atoms with E-state index >= 15 is 0 Å². The summed E-state index contributed by atoms with van der Waals surface area (Å²) < 4.78 is 0. The van der Waals surface area contributed by atoms with Crippen LogP contribution in [0.2, 0.25) is 5.02 Å². The topological polar surface area (TPSA) is 76.8 Å². The Labute approximate surface area is 320 Å². The Morgan fingerprint density at radius 3 is 1.62 bits per heavy atom. The standard InChI is InChI=1S/C48H29ClN6/c49-38-26-36(41-20-16-31-11-9-29-7-3-23-51-44(29)46(31)54-41)25-37(27-38)42-21-17-33-13-12-32-15-19-40(53-47(32)48(33)55-42)35-5-1-4-34(24-35)39-18-14-30-10-8-28-6-2-22-50-43(28)45(30)52-39/h1-20,22-27,42H,21H2. The predicted molar refractivity (Wildman–Crippen MR) is 223 cm³/mol. The molecule has 11 rings (SSSR count). The SMILES string of the molecule is Clc1cc(-c2ccc3ccc4cccnc4c3n2)cc(C2CC=c3ccc4ccc(-c5cccc(-c6ccc7ccc8cccnc8c7n6)c5)nc4c3=N2)c1. The summed E-state index contributed by atoms with van der Waals surface area (Å²) in [6, 6.07) is 47.7. The summed E-state index contributed by atoms with van der Waals surface area (Å²) in [4.78, 5) is 30.1. The summed E-state index contributed by atoms with van der Waals surface area (Å²) in [6.07, 6.45) is 6.65. The molecule has 0 spiro atoms. The van der Waals surface area contributed by atoms with E-state index in [2.05, 4.69) is 131 Å². The van der Waals surface area contributed by atoms with E-state index in [9.17, 15) is 0 Å². The van der Waals surface area contributed by atoms with Crippen molar-refractivity contribution in [3.63, 3.8) is 0 Å². The van der Waals surface area contributed by atoms with Crippen LogP contribution in [-0.2, 0) is 0 Å². The fourth-order valence-corrected chi connectivity index (χ4v) is 8.11. The lowest BCUT2D eigenvalue weighted by Crippen LogP contribution is -2.30. The largest absolute Gasteiger partial charge is 0.274 e. The van der Waals surface area contributed by atoms with Crippen molar-refractivity contribution < 1.29 is 0 Å². The number of hydrogen-bond acceptors (Lipinski definition) is 6. The van der Waals surface area contributed by atoms with Gasteiger partial charge in [-0.3, -0.25) is 15.0 Å². The van der Waals surface area contributed by atoms with Gasteiger partial charge in [0.05, 0.1) is 56.1 Å². The fraction of sp³-hybridized carbons (Fsp3) is 0.0417. The first kappa shape index (κ1) is 31.6. The zero-order chi connectivity index (χ0) is 36.5. The molecule has 1 aliphatic rings. The second-order valence-corrected chi connectivity index (χ2v) is 14.5. The monoisotopic (exact) mass is 724 g/mol. The molecule has 0 bridgehead atoms. The normalized spacial score (nSPS) is 13.9. The van der Waals surface area contributed by atoms with Gasteiger partial charge in [0.25, 0.3) is 0 Å². The molecule has 0 fully saturated rings. The number of hydrogen-bond donors (Lipinski definition) is 0. The lowest BCUT2D eigenvalue weighted by molar-refractivity contribution is 0.725. The number of fused-ring (bicyclic) bond motifs is 9. The van der Waals surface area contributed by atoms with Gasteiger partial charge in [0.2, 0.25) is 0 Å². The van der Waals surface area contributed by atoms with E-state index in [-0.39, 0.29) is 6.04 Å². The predicted octanol–water partition coefficient (Wildman–Crippen LogP) is 10.6. The highest BCUT2D eigenvalue weighted by Gasteiger charge is 2.17. The molecule has 7 heteroatoms. The van der Waals surface area contributed by atoms with Gasteiger partial charge in [0.15, 0.2) is 0 Å². The lowest BCUT2D eigenvalue weighted by atomic mass is 9.97. The molecular weight excluding hydrogens is 696 g/mol. The third kappa shape index (κ3) is 5.49. The van der Waals surface area contributed by atoms with Crippen LogP contribution in [-0.4, -0.2) is 24.9 Å². The van der Waals surface area contributed by atoms with Crippen molar-refractivity contribution in [2.75, 3.05) is 0 Å². The second-order valence-electron chi connectivity index (χ2n) is 14.0. The molecule has 5 aromatic heterocycles. The smallest absolute Gasteiger partial charge is 0.0972 e. The number of benzene rings is 5. The molecule has 5 aromatic carbocycles. The number of halogens is 1. The van der Waals surface area contributed by atoms with Gasteiger partial charge in [0.1, 0.15) is 0 Å². The highest BCUT2D eigenvalue weighted by atomic mass is 35.5. The maximum atomic E-state index is 6.82. The van der Waals surface area contributed by atoms with Gasteiger partial charge in [-0.15, -0.1) is 0 Å². The minimum atomic E-state index is -0.128. The minimum absolute atomic E-state index is 0.128. The van der Waals surface area contributed by atoms with Crippen molar-refractivity contribution in [3.8, 4) is 33.8 Å². The maximum Gasteiger partial charge on any atom is 0.0972 e. The molecule has 1 aliphatic heterocycles. The van der Waals surface area contributed by atoms with Crippen molar-refractivity contribution in [2.24, 2.45) is 4.99 Å². The molecule has 1 atom stereocenters. The first-order valence-electron chi connectivity index (χ1n) is 18.3. The molecule has 6 heterocycles. The molecular formula is C48H29ClN6. The van der Waals surface area contributed by atoms with Crippen LogP contribution < -0.4 is 10.6 Å². The third-order valence-electron chi connectivity index (χ3n) is 10.6.